The molecular weight excluding hydrogens is 282 g/mol. The third-order valence-electron chi connectivity index (χ3n) is 2.88. The van der Waals surface area contributed by atoms with E-state index >= 15 is 0 Å². The molecule has 1 N–H and O–H groups in total. The summed E-state index contributed by atoms with van der Waals surface area (Å²) < 4.78 is 6.81. The third-order valence-corrected chi connectivity index (χ3v) is 3.34. The van der Waals surface area contributed by atoms with Gasteiger partial charge < -0.3 is 10.1 Å². The predicted octanol–water partition coefficient (Wildman–Crippen LogP) is 3.37. The predicted molar refractivity (Wildman–Crippen MR) is 71.4 cm³/mol. The average Bonchev–Trinajstić information content (AvgIpc) is 2.26. The van der Waals surface area contributed by atoms with Crippen molar-refractivity contribution < 1.29 is 9.53 Å². The molecule has 4 heteroatoms. The number of rotatable bonds is 2. The van der Waals surface area contributed by atoms with Gasteiger partial charge in [0, 0.05) is 4.47 Å². The molecule has 1 atom stereocenters. The minimum atomic E-state index is -0.394. The van der Waals surface area contributed by atoms with Crippen molar-refractivity contribution in [2.24, 2.45) is 5.92 Å². The highest BCUT2D eigenvalue weighted by atomic mass is 79.9. The summed E-state index contributed by atoms with van der Waals surface area (Å²) in [6.45, 7) is 6.05. The van der Waals surface area contributed by atoms with Gasteiger partial charge in [0.1, 0.15) is 5.75 Å². The minimum Gasteiger partial charge on any atom is -0.478 e. The molecule has 3 nitrogen and oxygen atoms in total. The van der Waals surface area contributed by atoms with Crippen LogP contribution in [0.2, 0.25) is 0 Å². The van der Waals surface area contributed by atoms with Crippen molar-refractivity contribution in [1.82, 2.24) is 0 Å². The first kappa shape index (κ1) is 12.4. The maximum absolute atomic E-state index is 11.9. The fourth-order valence-electron chi connectivity index (χ4n) is 1.97. The number of fused-ring (bicyclic) bond motifs is 1. The van der Waals surface area contributed by atoms with Crippen molar-refractivity contribution in [3.8, 4) is 5.75 Å². The number of benzene rings is 1. The molecule has 1 aliphatic rings. The van der Waals surface area contributed by atoms with Crippen LogP contribution in [0.25, 0.3) is 0 Å². The van der Waals surface area contributed by atoms with Gasteiger partial charge in [-0.15, -0.1) is 0 Å². The van der Waals surface area contributed by atoms with Crippen molar-refractivity contribution >= 4 is 27.5 Å². The number of halogens is 1. The minimum absolute atomic E-state index is 0.0624. The molecule has 1 unspecified atom stereocenters. The molecule has 1 aromatic rings. The summed E-state index contributed by atoms with van der Waals surface area (Å²) in [7, 11) is 0. The Hall–Kier alpha value is -1.03. The molecule has 0 spiro atoms. The Morgan fingerprint density at radius 2 is 2.18 bits per heavy atom. The van der Waals surface area contributed by atoms with Crippen LogP contribution in [0.15, 0.2) is 16.6 Å². The highest BCUT2D eigenvalue weighted by molar-refractivity contribution is 9.10. The molecule has 0 bridgehead atoms. The molecule has 92 valence electrons. The second-order valence-corrected chi connectivity index (χ2v) is 5.48. The number of carbonyl (C=O) groups excluding carboxylic acids is 1. The van der Waals surface area contributed by atoms with E-state index in [1.165, 1.54) is 0 Å². The van der Waals surface area contributed by atoms with E-state index in [1.807, 2.05) is 26.0 Å². The molecule has 0 radical (unpaired) electrons. The van der Waals surface area contributed by atoms with Gasteiger partial charge in [-0.2, -0.15) is 0 Å². The van der Waals surface area contributed by atoms with Gasteiger partial charge in [-0.05, 0) is 30.0 Å². The van der Waals surface area contributed by atoms with E-state index in [4.69, 9.17) is 4.74 Å². The van der Waals surface area contributed by atoms with Gasteiger partial charge in [-0.3, -0.25) is 4.79 Å². The molecule has 1 aliphatic heterocycles. The van der Waals surface area contributed by atoms with Gasteiger partial charge in [0.2, 0.25) is 0 Å². The molecule has 0 aliphatic carbocycles. The average molecular weight is 298 g/mol. The Balaban J connectivity index is 2.45. The summed E-state index contributed by atoms with van der Waals surface area (Å²) in [5.41, 5.74) is 1.87. The quantitative estimate of drug-likeness (QED) is 0.909. The zero-order valence-corrected chi connectivity index (χ0v) is 11.8. The Labute approximate surface area is 110 Å². The smallest absolute Gasteiger partial charge is 0.265 e. The molecular formula is C13H16BrNO2. The van der Waals surface area contributed by atoms with Crippen LogP contribution in [0, 0.1) is 5.92 Å². The second-order valence-electron chi connectivity index (χ2n) is 4.57. The van der Waals surface area contributed by atoms with E-state index < -0.39 is 6.10 Å². The largest absolute Gasteiger partial charge is 0.478 e. The fourth-order valence-corrected chi connectivity index (χ4v) is 2.47. The normalized spacial score (nSPS) is 18.6. The van der Waals surface area contributed by atoms with Gasteiger partial charge in [0.05, 0.1) is 5.69 Å². The molecule has 0 fully saturated rings. The van der Waals surface area contributed by atoms with Crippen LogP contribution in [-0.4, -0.2) is 12.0 Å². The van der Waals surface area contributed by atoms with E-state index in [0.29, 0.717) is 0 Å². The Morgan fingerprint density at radius 1 is 1.47 bits per heavy atom. The summed E-state index contributed by atoms with van der Waals surface area (Å²) in [6.07, 6.45) is 0.483. The highest BCUT2D eigenvalue weighted by Crippen LogP contribution is 2.37. The van der Waals surface area contributed by atoms with Gasteiger partial charge in [0.15, 0.2) is 6.10 Å². The Kier molecular flexibility index (Phi) is 3.43. The van der Waals surface area contributed by atoms with Crippen molar-refractivity contribution in [3.05, 3.63) is 22.2 Å². The van der Waals surface area contributed by atoms with Gasteiger partial charge in [-0.1, -0.05) is 36.7 Å². The molecule has 1 aromatic carbocycles. The molecule has 0 saturated heterocycles. The standard InChI is InChI=1S/C13H16BrNO2/c1-4-8-5-9(14)6-10-12(8)17-11(7(2)3)13(16)15-10/h5-7,11H,4H2,1-3H3,(H,15,16). The van der Waals surface area contributed by atoms with Crippen molar-refractivity contribution in [2.75, 3.05) is 5.32 Å². The molecule has 0 saturated carbocycles. The van der Waals surface area contributed by atoms with Crippen LogP contribution in [0.4, 0.5) is 5.69 Å². The topological polar surface area (TPSA) is 38.3 Å². The Bertz CT molecular complexity index is 457. The lowest BCUT2D eigenvalue weighted by molar-refractivity contribution is -0.125. The lowest BCUT2D eigenvalue weighted by Gasteiger charge is -2.29. The molecule has 17 heavy (non-hydrogen) atoms. The first-order valence-corrected chi connectivity index (χ1v) is 6.62. The second kappa shape index (κ2) is 4.69. The van der Waals surface area contributed by atoms with Crippen LogP contribution < -0.4 is 10.1 Å². The zero-order chi connectivity index (χ0) is 12.6. The first-order chi connectivity index (χ1) is 8.02. The number of anilines is 1. The van der Waals surface area contributed by atoms with E-state index in [0.717, 1.165) is 27.9 Å². The van der Waals surface area contributed by atoms with Crippen molar-refractivity contribution in [2.45, 2.75) is 33.3 Å². The first-order valence-electron chi connectivity index (χ1n) is 5.83. The highest BCUT2D eigenvalue weighted by Gasteiger charge is 2.31. The van der Waals surface area contributed by atoms with Gasteiger partial charge in [0.25, 0.3) is 5.91 Å². The number of nitrogens with one attached hydrogen (secondary N) is 1. The van der Waals surface area contributed by atoms with Gasteiger partial charge in [-0.25, -0.2) is 0 Å². The molecule has 2 rings (SSSR count). The van der Waals surface area contributed by atoms with E-state index in [-0.39, 0.29) is 11.8 Å². The number of amides is 1. The summed E-state index contributed by atoms with van der Waals surface area (Å²) in [6, 6.07) is 3.91. The van der Waals surface area contributed by atoms with Crippen LogP contribution in [0.3, 0.4) is 0 Å². The van der Waals surface area contributed by atoms with Crippen LogP contribution >= 0.6 is 15.9 Å². The zero-order valence-electron chi connectivity index (χ0n) is 10.2. The number of aryl methyl sites for hydroxylation is 1. The SMILES string of the molecule is CCc1cc(Br)cc2c1OC(C(C)C)C(=O)N2. The molecule has 1 amide bonds. The summed E-state index contributed by atoms with van der Waals surface area (Å²) >= 11 is 3.44. The van der Waals surface area contributed by atoms with Crippen LogP contribution in [0.1, 0.15) is 26.3 Å². The fraction of sp³-hybridized carbons (Fsp3) is 0.462. The lowest BCUT2D eigenvalue weighted by Crippen LogP contribution is -2.40. The lowest BCUT2D eigenvalue weighted by atomic mass is 10.0. The van der Waals surface area contributed by atoms with Crippen molar-refractivity contribution in [1.29, 1.82) is 0 Å². The van der Waals surface area contributed by atoms with E-state index in [9.17, 15) is 4.79 Å². The van der Waals surface area contributed by atoms with Crippen LogP contribution in [-0.2, 0) is 11.2 Å². The third kappa shape index (κ3) is 2.32. The summed E-state index contributed by atoms with van der Waals surface area (Å²) in [5.74, 6) is 0.915. The Morgan fingerprint density at radius 3 is 2.76 bits per heavy atom. The number of hydrogen-bond acceptors (Lipinski definition) is 2. The molecule has 1 heterocycles. The van der Waals surface area contributed by atoms with Crippen molar-refractivity contribution in [3.63, 3.8) is 0 Å². The summed E-state index contributed by atoms with van der Waals surface area (Å²) in [4.78, 5) is 11.9. The number of hydrogen-bond donors (Lipinski definition) is 1. The monoisotopic (exact) mass is 297 g/mol. The van der Waals surface area contributed by atoms with E-state index in [1.54, 1.807) is 0 Å². The number of carbonyl (C=O) groups is 1. The summed E-state index contributed by atoms with van der Waals surface area (Å²) in [5, 5.41) is 2.91. The maximum atomic E-state index is 11.9. The molecule has 0 aromatic heterocycles. The maximum Gasteiger partial charge on any atom is 0.265 e. The van der Waals surface area contributed by atoms with Gasteiger partial charge >= 0.3 is 0 Å². The van der Waals surface area contributed by atoms with Crippen LogP contribution in [0.5, 0.6) is 5.75 Å². The number of ether oxygens (including phenoxy) is 1. The van der Waals surface area contributed by atoms with E-state index in [2.05, 4.69) is 28.2 Å².